The Kier molecular flexibility index (Phi) is 5.26. The summed E-state index contributed by atoms with van der Waals surface area (Å²) in [5, 5.41) is 9.16. The zero-order valence-electron chi connectivity index (χ0n) is 12.7. The van der Waals surface area contributed by atoms with E-state index in [1.807, 2.05) is 18.7 Å². The fourth-order valence-electron chi connectivity index (χ4n) is 2.38. The number of benzene rings is 1. The minimum Gasteiger partial charge on any atom is -0.310 e. The molecule has 0 aliphatic heterocycles. The first-order chi connectivity index (χ1) is 9.65. The number of aryl methyl sites for hydroxylation is 2. The SMILES string of the molecule is CCNC(CC)c1ccccc1Sc1cc(C)nn1C. The molecule has 0 saturated heterocycles. The quantitative estimate of drug-likeness (QED) is 0.873. The summed E-state index contributed by atoms with van der Waals surface area (Å²) < 4.78 is 1.95. The molecule has 2 aromatic rings. The monoisotopic (exact) mass is 289 g/mol. The van der Waals surface area contributed by atoms with Gasteiger partial charge in [0.05, 0.1) is 10.7 Å². The van der Waals surface area contributed by atoms with Crippen molar-refractivity contribution < 1.29 is 0 Å². The molecule has 2 rings (SSSR count). The minimum absolute atomic E-state index is 0.415. The first-order valence-electron chi connectivity index (χ1n) is 7.16. The third kappa shape index (κ3) is 3.44. The lowest BCUT2D eigenvalue weighted by Gasteiger charge is -2.19. The summed E-state index contributed by atoms with van der Waals surface area (Å²) in [4.78, 5) is 1.31. The highest BCUT2D eigenvalue weighted by Gasteiger charge is 2.14. The van der Waals surface area contributed by atoms with E-state index in [0.717, 1.165) is 18.7 Å². The van der Waals surface area contributed by atoms with E-state index in [0.29, 0.717) is 6.04 Å². The fraction of sp³-hybridized carbons (Fsp3) is 0.438. The second-order valence-corrected chi connectivity index (χ2v) is 5.97. The Morgan fingerprint density at radius 2 is 2.05 bits per heavy atom. The molecule has 108 valence electrons. The van der Waals surface area contributed by atoms with E-state index in [4.69, 9.17) is 0 Å². The molecule has 1 aromatic heterocycles. The van der Waals surface area contributed by atoms with E-state index in [9.17, 15) is 0 Å². The van der Waals surface area contributed by atoms with Crippen LogP contribution in [0.25, 0.3) is 0 Å². The van der Waals surface area contributed by atoms with Crippen LogP contribution in [-0.4, -0.2) is 16.3 Å². The van der Waals surface area contributed by atoms with Crippen molar-refractivity contribution in [1.29, 1.82) is 0 Å². The number of nitrogens with zero attached hydrogens (tertiary/aromatic N) is 2. The molecule has 0 amide bonds. The van der Waals surface area contributed by atoms with Gasteiger partial charge in [-0.1, -0.05) is 43.8 Å². The molecule has 1 N–H and O–H groups in total. The van der Waals surface area contributed by atoms with Gasteiger partial charge < -0.3 is 5.32 Å². The third-order valence-electron chi connectivity index (χ3n) is 3.33. The molecular weight excluding hydrogens is 266 g/mol. The standard InChI is InChI=1S/C16H23N3S/c1-5-14(17-6-2)13-9-7-8-10-15(13)20-16-11-12(3)18-19(16)4/h7-11,14,17H,5-6H2,1-4H3. The maximum absolute atomic E-state index is 4.42. The van der Waals surface area contributed by atoms with E-state index in [2.05, 4.69) is 54.6 Å². The van der Waals surface area contributed by atoms with Crippen LogP contribution in [0.5, 0.6) is 0 Å². The van der Waals surface area contributed by atoms with Gasteiger partial charge in [0.15, 0.2) is 0 Å². The molecule has 0 saturated carbocycles. The highest BCUT2D eigenvalue weighted by molar-refractivity contribution is 7.99. The minimum atomic E-state index is 0.415. The molecule has 1 aromatic carbocycles. The highest BCUT2D eigenvalue weighted by Crippen LogP contribution is 2.34. The summed E-state index contributed by atoms with van der Waals surface area (Å²) in [5.41, 5.74) is 2.44. The van der Waals surface area contributed by atoms with Crippen molar-refractivity contribution in [3.05, 3.63) is 41.6 Å². The molecule has 0 fully saturated rings. The van der Waals surface area contributed by atoms with E-state index in [-0.39, 0.29) is 0 Å². The summed E-state index contributed by atoms with van der Waals surface area (Å²) in [6, 6.07) is 11.2. The lowest BCUT2D eigenvalue weighted by molar-refractivity contribution is 0.530. The molecule has 1 unspecified atom stereocenters. The second kappa shape index (κ2) is 6.95. The Morgan fingerprint density at radius 1 is 1.30 bits per heavy atom. The number of hydrogen-bond acceptors (Lipinski definition) is 3. The van der Waals surface area contributed by atoms with Crippen LogP contribution in [0.4, 0.5) is 0 Å². The predicted octanol–water partition coefficient (Wildman–Crippen LogP) is 3.94. The zero-order valence-corrected chi connectivity index (χ0v) is 13.5. The Bertz CT molecular complexity index is 563. The molecule has 0 aliphatic carbocycles. The van der Waals surface area contributed by atoms with Crippen molar-refractivity contribution in [3.63, 3.8) is 0 Å². The van der Waals surface area contributed by atoms with Crippen LogP contribution in [0.3, 0.4) is 0 Å². The maximum atomic E-state index is 4.42. The first-order valence-corrected chi connectivity index (χ1v) is 7.98. The molecule has 0 bridgehead atoms. The highest BCUT2D eigenvalue weighted by atomic mass is 32.2. The smallest absolute Gasteiger partial charge is 0.0987 e. The summed E-state index contributed by atoms with van der Waals surface area (Å²) in [7, 11) is 2.00. The van der Waals surface area contributed by atoms with Crippen LogP contribution in [0, 0.1) is 6.92 Å². The van der Waals surface area contributed by atoms with Crippen molar-refractivity contribution in [2.75, 3.05) is 6.54 Å². The van der Waals surface area contributed by atoms with E-state index < -0.39 is 0 Å². The van der Waals surface area contributed by atoms with Gasteiger partial charge in [-0.15, -0.1) is 0 Å². The summed E-state index contributed by atoms with van der Waals surface area (Å²) in [6.45, 7) is 7.40. The fourth-order valence-corrected chi connectivity index (χ4v) is 3.48. The summed E-state index contributed by atoms with van der Waals surface area (Å²) >= 11 is 1.79. The Labute approximate surface area is 125 Å². The maximum Gasteiger partial charge on any atom is 0.0987 e. The van der Waals surface area contributed by atoms with Crippen molar-refractivity contribution in [3.8, 4) is 0 Å². The van der Waals surface area contributed by atoms with Crippen LogP contribution in [0.2, 0.25) is 0 Å². The summed E-state index contributed by atoms with van der Waals surface area (Å²) in [5.74, 6) is 0. The average molecular weight is 289 g/mol. The molecule has 20 heavy (non-hydrogen) atoms. The van der Waals surface area contributed by atoms with Gasteiger partial charge in [0, 0.05) is 18.0 Å². The predicted molar refractivity (Wildman–Crippen MR) is 85.2 cm³/mol. The molecule has 0 radical (unpaired) electrons. The van der Waals surface area contributed by atoms with Gasteiger partial charge in [0.1, 0.15) is 0 Å². The zero-order chi connectivity index (χ0) is 14.5. The van der Waals surface area contributed by atoms with Gasteiger partial charge in [-0.05, 0) is 37.6 Å². The number of hydrogen-bond donors (Lipinski definition) is 1. The number of aromatic nitrogens is 2. The van der Waals surface area contributed by atoms with Crippen LogP contribution in [0.15, 0.2) is 40.3 Å². The Hall–Kier alpha value is -1.26. The molecule has 3 nitrogen and oxygen atoms in total. The number of rotatable bonds is 6. The van der Waals surface area contributed by atoms with Gasteiger partial charge in [0.25, 0.3) is 0 Å². The molecule has 1 atom stereocenters. The van der Waals surface area contributed by atoms with Gasteiger partial charge in [-0.25, -0.2) is 0 Å². The van der Waals surface area contributed by atoms with E-state index in [1.165, 1.54) is 15.5 Å². The molecule has 0 spiro atoms. The second-order valence-electron chi connectivity index (χ2n) is 4.91. The van der Waals surface area contributed by atoms with Crippen molar-refractivity contribution in [2.24, 2.45) is 7.05 Å². The Morgan fingerprint density at radius 3 is 2.65 bits per heavy atom. The molecule has 4 heteroatoms. The van der Waals surface area contributed by atoms with Crippen LogP contribution < -0.4 is 5.32 Å². The molecular formula is C16H23N3S. The number of nitrogens with one attached hydrogen (secondary N) is 1. The molecule has 0 aliphatic rings. The van der Waals surface area contributed by atoms with Crippen LogP contribution in [0.1, 0.15) is 37.6 Å². The van der Waals surface area contributed by atoms with Crippen LogP contribution in [-0.2, 0) is 7.05 Å². The van der Waals surface area contributed by atoms with E-state index in [1.54, 1.807) is 11.8 Å². The first kappa shape index (κ1) is 15.1. The Balaban J connectivity index is 2.30. The average Bonchev–Trinajstić information content (AvgIpc) is 2.75. The van der Waals surface area contributed by atoms with Gasteiger partial charge >= 0.3 is 0 Å². The normalized spacial score (nSPS) is 12.6. The van der Waals surface area contributed by atoms with Crippen molar-refractivity contribution >= 4 is 11.8 Å². The van der Waals surface area contributed by atoms with Gasteiger partial charge in [-0.2, -0.15) is 5.10 Å². The largest absolute Gasteiger partial charge is 0.310 e. The van der Waals surface area contributed by atoms with Gasteiger partial charge in [0.2, 0.25) is 0 Å². The lowest BCUT2D eigenvalue weighted by atomic mass is 10.0. The van der Waals surface area contributed by atoms with Crippen LogP contribution >= 0.6 is 11.8 Å². The van der Waals surface area contributed by atoms with E-state index >= 15 is 0 Å². The summed E-state index contributed by atoms with van der Waals surface area (Å²) in [6.07, 6.45) is 1.09. The van der Waals surface area contributed by atoms with Crippen molar-refractivity contribution in [2.45, 2.75) is 43.2 Å². The third-order valence-corrected chi connectivity index (χ3v) is 4.51. The molecule has 1 heterocycles. The lowest BCUT2D eigenvalue weighted by Crippen LogP contribution is -2.20. The topological polar surface area (TPSA) is 29.9 Å². The van der Waals surface area contributed by atoms with Gasteiger partial charge in [-0.3, -0.25) is 4.68 Å². The van der Waals surface area contributed by atoms with Crippen molar-refractivity contribution in [1.82, 2.24) is 15.1 Å².